The number of Topliss-reactive ketones (excluding diaryl/α,β-unsaturated/α-hetero) is 1. The van der Waals surface area contributed by atoms with Crippen molar-refractivity contribution in [3.63, 3.8) is 0 Å². The third kappa shape index (κ3) is 4.76. The minimum absolute atomic E-state index is 0.0462. The van der Waals surface area contributed by atoms with Crippen molar-refractivity contribution in [2.45, 2.75) is 25.5 Å². The fourth-order valence-corrected chi connectivity index (χ4v) is 5.28. The third-order valence-electron chi connectivity index (χ3n) is 7.19. The standard InChI is InChI=1S/C28H32N2O7/c1-17-14-20-15-19(5-6-21(20)37-17)26(31)24-25(18-4-7-22(34-2)23(16-18)35-3)30(28(33)27(24)32)9-8-29-10-12-36-13-11-29/h4-7,15-17,25,31H,8-14H2,1-3H3/t17-,25-/m1/s1. The molecule has 2 atom stereocenters. The maximum Gasteiger partial charge on any atom is 0.295 e. The van der Waals surface area contributed by atoms with Crippen LogP contribution >= 0.6 is 0 Å². The summed E-state index contributed by atoms with van der Waals surface area (Å²) in [4.78, 5) is 30.5. The molecule has 5 rings (SSSR count). The zero-order chi connectivity index (χ0) is 26.1. The summed E-state index contributed by atoms with van der Waals surface area (Å²) in [6.07, 6.45) is 0.758. The monoisotopic (exact) mass is 508 g/mol. The number of ether oxygens (including phenoxy) is 4. The van der Waals surface area contributed by atoms with E-state index in [-0.39, 0.29) is 17.4 Å². The molecule has 0 radical (unpaired) electrons. The average molecular weight is 509 g/mol. The van der Waals surface area contributed by atoms with E-state index in [4.69, 9.17) is 18.9 Å². The molecule has 2 fully saturated rings. The lowest BCUT2D eigenvalue weighted by Gasteiger charge is -2.31. The van der Waals surface area contributed by atoms with Crippen LogP contribution in [0.4, 0.5) is 0 Å². The van der Waals surface area contributed by atoms with Crippen molar-refractivity contribution in [2.75, 3.05) is 53.6 Å². The molecule has 9 heteroatoms. The molecular formula is C28H32N2O7. The van der Waals surface area contributed by atoms with E-state index >= 15 is 0 Å². The Hall–Kier alpha value is -3.56. The van der Waals surface area contributed by atoms with Gasteiger partial charge in [-0.1, -0.05) is 6.07 Å². The number of fused-ring (bicyclic) bond motifs is 1. The Morgan fingerprint density at radius 1 is 1.03 bits per heavy atom. The summed E-state index contributed by atoms with van der Waals surface area (Å²) < 4.78 is 22.1. The van der Waals surface area contributed by atoms with Gasteiger partial charge in [-0.2, -0.15) is 0 Å². The van der Waals surface area contributed by atoms with E-state index in [2.05, 4.69) is 4.90 Å². The third-order valence-corrected chi connectivity index (χ3v) is 7.19. The second-order valence-corrected chi connectivity index (χ2v) is 9.52. The molecule has 2 aromatic carbocycles. The van der Waals surface area contributed by atoms with Gasteiger partial charge in [0.15, 0.2) is 11.5 Å². The second-order valence-electron chi connectivity index (χ2n) is 9.52. The highest BCUT2D eigenvalue weighted by Gasteiger charge is 2.46. The van der Waals surface area contributed by atoms with Crippen LogP contribution in [0.5, 0.6) is 17.2 Å². The lowest BCUT2D eigenvalue weighted by Crippen LogP contribution is -2.42. The van der Waals surface area contributed by atoms with Gasteiger partial charge in [-0.25, -0.2) is 0 Å². The number of nitrogens with zero attached hydrogens (tertiary/aromatic N) is 2. The number of aliphatic hydroxyl groups is 1. The van der Waals surface area contributed by atoms with Crippen LogP contribution in [0.3, 0.4) is 0 Å². The first kappa shape index (κ1) is 25.1. The molecule has 2 saturated heterocycles. The number of morpholine rings is 1. The van der Waals surface area contributed by atoms with Gasteiger partial charge in [0.05, 0.1) is 39.0 Å². The van der Waals surface area contributed by atoms with Gasteiger partial charge in [-0.3, -0.25) is 14.5 Å². The maximum absolute atomic E-state index is 13.4. The Bertz CT molecular complexity index is 1240. The number of hydrogen-bond donors (Lipinski definition) is 1. The Morgan fingerprint density at radius 3 is 2.51 bits per heavy atom. The van der Waals surface area contributed by atoms with Crippen molar-refractivity contribution < 1.29 is 33.6 Å². The normalized spacial score (nSPS) is 23.2. The molecule has 1 N–H and O–H groups in total. The van der Waals surface area contributed by atoms with Crippen molar-refractivity contribution in [1.29, 1.82) is 0 Å². The van der Waals surface area contributed by atoms with Gasteiger partial charge in [0.1, 0.15) is 17.6 Å². The molecule has 0 aliphatic carbocycles. The number of amides is 1. The van der Waals surface area contributed by atoms with Gasteiger partial charge < -0.3 is 29.0 Å². The number of likely N-dealkylation sites (tertiary alicyclic amines) is 1. The van der Waals surface area contributed by atoms with Crippen LogP contribution < -0.4 is 14.2 Å². The lowest BCUT2D eigenvalue weighted by atomic mass is 9.94. The number of aliphatic hydroxyl groups excluding tert-OH is 1. The van der Waals surface area contributed by atoms with E-state index in [0.717, 1.165) is 24.4 Å². The first-order chi connectivity index (χ1) is 17.9. The summed E-state index contributed by atoms with van der Waals surface area (Å²) >= 11 is 0. The molecule has 1 amide bonds. The number of carbonyl (C=O) groups excluding carboxylic acids is 2. The molecule has 0 unspecified atom stereocenters. The lowest BCUT2D eigenvalue weighted by molar-refractivity contribution is -0.140. The smallest absolute Gasteiger partial charge is 0.295 e. The van der Waals surface area contributed by atoms with Gasteiger partial charge in [0.25, 0.3) is 11.7 Å². The number of benzene rings is 2. The van der Waals surface area contributed by atoms with Crippen LogP contribution in [-0.2, 0) is 20.7 Å². The molecule has 37 heavy (non-hydrogen) atoms. The zero-order valence-electron chi connectivity index (χ0n) is 21.4. The average Bonchev–Trinajstić information content (AvgIpc) is 3.42. The van der Waals surface area contributed by atoms with E-state index in [9.17, 15) is 14.7 Å². The summed E-state index contributed by atoms with van der Waals surface area (Å²) in [6.45, 7) is 5.71. The topological polar surface area (TPSA) is 97.8 Å². The Balaban J connectivity index is 1.56. The van der Waals surface area contributed by atoms with Crippen LogP contribution in [0.1, 0.15) is 29.7 Å². The van der Waals surface area contributed by atoms with E-state index in [1.807, 2.05) is 13.0 Å². The first-order valence-corrected chi connectivity index (χ1v) is 12.5. The quantitative estimate of drug-likeness (QED) is 0.347. The molecule has 0 bridgehead atoms. The van der Waals surface area contributed by atoms with Crippen molar-refractivity contribution in [3.8, 4) is 17.2 Å². The Morgan fingerprint density at radius 2 is 1.78 bits per heavy atom. The molecule has 3 aliphatic heterocycles. The molecule has 2 aromatic rings. The predicted molar refractivity (Wildman–Crippen MR) is 136 cm³/mol. The largest absolute Gasteiger partial charge is 0.507 e. The summed E-state index contributed by atoms with van der Waals surface area (Å²) in [5.74, 6) is 0.240. The summed E-state index contributed by atoms with van der Waals surface area (Å²) in [5, 5.41) is 11.5. The van der Waals surface area contributed by atoms with Crippen LogP contribution in [0, 0.1) is 0 Å². The first-order valence-electron chi connectivity index (χ1n) is 12.5. The van der Waals surface area contributed by atoms with Crippen LogP contribution in [0.2, 0.25) is 0 Å². The zero-order valence-corrected chi connectivity index (χ0v) is 21.4. The molecule has 3 heterocycles. The van der Waals surface area contributed by atoms with Gasteiger partial charge in [0, 0.05) is 38.2 Å². The molecular weight excluding hydrogens is 476 g/mol. The molecule has 196 valence electrons. The Kier molecular flexibility index (Phi) is 7.08. The molecule has 3 aliphatic rings. The van der Waals surface area contributed by atoms with Crippen molar-refractivity contribution in [2.24, 2.45) is 0 Å². The fraction of sp³-hybridized carbons (Fsp3) is 0.429. The summed E-state index contributed by atoms with van der Waals surface area (Å²) in [7, 11) is 3.08. The van der Waals surface area contributed by atoms with Crippen LogP contribution in [0.15, 0.2) is 42.0 Å². The molecule has 0 saturated carbocycles. The minimum Gasteiger partial charge on any atom is -0.507 e. The summed E-state index contributed by atoms with van der Waals surface area (Å²) in [5.41, 5.74) is 2.15. The fourth-order valence-electron chi connectivity index (χ4n) is 5.28. The SMILES string of the molecule is COc1ccc([C@@H]2C(=C(O)c3ccc4c(c3)C[C@@H](C)O4)C(=O)C(=O)N2CCN2CCOCC2)cc1OC. The van der Waals surface area contributed by atoms with Crippen molar-refractivity contribution >= 4 is 17.4 Å². The van der Waals surface area contributed by atoms with Gasteiger partial charge in [-0.05, 0) is 48.4 Å². The molecule has 9 nitrogen and oxygen atoms in total. The number of hydrogen-bond acceptors (Lipinski definition) is 8. The van der Waals surface area contributed by atoms with E-state index in [1.54, 1.807) is 42.3 Å². The number of methoxy groups -OCH3 is 2. The van der Waals surface area contributed by atoms with Gasteiger partial charge in [-0.15, -0.1) is 0 Å². The van der Waals surface area contributed by atoms with Gasteiger partial charge >= 0.3 is 0 Å². The predicted octanol–water partition coefficient (Wildman–Crippen LogP) is 2.78. The maximum atomic E-state index is 13.4. The highest BCUT2D eigenvalue weighted by Crippen LogP contribution is 2.42. The number of ketones is 1. The van der Waals surface area contributed by atoms with Crippen LogP contribution in [-0.4, -0.2) is 86.3 Å². The van der Waals surface area contributed by atoms with Crippen LogP contribution in [0.25, 0.3) is 5.76 Å². The number of carbonyl (C=O) groups is 2. The summed E-state index contributed by atoms with van der Waals surface area (Å²) in [6, 6.07) is 9.87. The van der Waals surface area contributed by atoms with E-state index < -0.39 is 17.7 Å². The van der Waals surface area contributed by atoms with Crippen molar-refractivity contribution in [3.05, 3.63) is 58.7 Å². The van der Waals surface area contributed by atoms with E-state index in [0.29, 0.717) is 55.4 Å². The highest BCUT2D eigenvalue weighted by atomic mass is 16.5. The van der Waals surface area contributed by atoms with Crippen molar-refractivity contribution in [1.82, 2.24) is 9.80 Å². The number of rotatable bonds is 7. The van der Waals surface area contributed by atoms with E-state index in [1.165, 1.54) is 7.11 Å². The highest BCUT2D eigenvalue weighted by molar-refractivity contribution is 6.46. The molecule has 0 aromatic heterocycles. The van der Waals surface area contributed by atoms with Gasteiger partial charge in [0.2, 0.25) is 0 Å². The molecule has 0 spiro atoms. The minimum atomic E-state index is -0.774. The Labute approximate surface area is 216 Å². The second kappa shape index (κ2) is 10.4.